The molecular weight excluding hydrogens is 204 g/mol. The first-order chi connectivity index (χ1) is 7.66. The van der Waals surface area contributed by atoms with E-state index >= 15 is 0 Å². The number of aromatic nitrogens is 2. The van der Waals surface area contributed by atoms with Gasteiger partial charge >= 0.3 is 0 Å². The lowest BCUT2D eigenvalue weighted by atomic mass is 10.2. The summed E-state index contributed by atoms with van der Waals surface area (Å²) in [5, 5.41) is 9.72. The molecule has 4 N–H and O–H groups in total. The van der Waals surface area contributed by atoms with Crippen LogP contribution in [0.2, 0.25) is 0 Å². The average Bonchev–Trinajstić information content (AvgIpc) is 2.96. The van der Waals surface area contributed by atoms with Crippen LogP contribution in [0.5, 0.6) is 0 Å². The number of hydrogen-bond acceptors (Lipinski definition) is 3. The molecule has 1 aromatic rings. The smallest absolute Gasteiger partial charge is 0.271 e. The second-order valence-electron chi connectivity index (χ2n) is 4.50. The quantitative estimate of drug-likeness (QED) is 0.687. The zero-order valence-electron chi connectivity index (χ0n) is 9.49. The van der Waals surface area contributed by atoms with Gasteiger partial charge in [-0.05, 0) is 32.3 Å². The summed E-state index contributed by atoms with van der Waals surface area (Å²) in [7, 11) is 0. The normalized spacial score (nSPS) is 17.1. The Hall–Kier alpha value is -1.36. The first-order valence-corrected chi connectivity index (χ1v) is 5.76. The van der Waals surface area contributed by atoms with Gasteiger partial charge in [-0.25, -0.2) is 0 Å². The Balaban J connectivity index is 1.83. The van der Waals surface area contributed by atoms with E-state index in [2.05, 4.69) is 15.5 Å². The molecule has 5 nitrogen and oxygen atoms in total. The van der Waals surface area contributed by atoms with Gasteiger partial charge in [0.25, 0.3) is 5.91 Å². The summed E-state index contributed by atoms with van der Waals surface area (Å²) < 4.78 is 0. The third kappa shape index (κ3) is 2.82. The molecule has 0 saturated heterocycles. The highest BCUT2D eigenvalue weighted by atomic mass is 16.1. The average molecular weight is 222 g/mol. The number of amides is 1. The Labute approximate surface area is 94.8 Å². The minimum absolute atomic E-state index is 0.113. The molecule has 1 heterocycles. The van der Waals surface area contributed by atoms with Crippen LogP contribution in [0.15, 0.2) is 6.07 Å². The Morgan fingerprint density at radius 2 is 2.50 bits per heavy atom. The topological polar surface area (TPSA) is 83.8 Å². The van der Waals surface area contributed by atoms with Gasteiger partial charge in [0.05, 0.1) is 0 Å². The summed E-state index contributed by atoms with van der Waals surface area (Å²) in [6.07, 6.45) is 3.19. The van der Waals surface area contributed by atoms with Crippen LogP contribution in [0.25, 0.3) is 0 Å². The molecule has 16 heavy (non-hydrogen) atoms. The molecule has 1 aromatic heterocycles. The summed E-state index contributed by atoms with van der Waals surface area (Å²) in [6.45, 7) is 2.52. The maximum absolute atomic E-state index is 11.6. The Kier molecular flexibility index (Phi) is 3.24. The molecule has 88 valence electrons. The second-order valence-corrected chi connectivity index (χ2v) is 4.50. The summed E-state index contributed by atoms with van der Waals surface area (Å²) in [5.74, 6) is 0.474. The van der Waals surface area contributed by atoms with Crippen molar-refractivity contribution >= 4 is 5.91 Å². The van der Waals surface area contributed by atoms with E-state index in [9.17, 15) is 4.79 Å². The predicted molar refractivity (Wildman–Crippen MR) is 61.2 cm³/mol. The fraction of sp³-hybridized carbons (Fsp3) is 0.636. The van der Waals surface area contributed by atoms with Crippen LogP contribution in [-0.2, 0) is 0 Å². The molecule has 0 spiro atoms. The van der Waals surface area contributed by atoms with Crippen molar-refractivity contribution in [3.8, 4) is 0 Å². The van der Waals surface area contributed by atoms with Gasteiger partial charge in [-0.1, -0.05) is 0 Å². The number of carbonyl (C=O) groups is 1. The molecule has 0 aliphatic heterocycles. The Morgan fingerprint density at radius 3 is 3.12 bits per heavy atom. The monoisotopic (exact) mass is 222 g/mol. The lowest BCUT2D eigenvalue weighted by molar-refractivity contribution is 0.0948. The molecule has 1 saturated carbocycles. The van der Waals surface area contributed by atoms with E-state index in [-0.39, 0.29) is 11.9 Å². The van der Waals surface area contributed by atoms with Crippen LogP contribution >= 0.6 is 0 Å². The van der Waals surface area contributed by atoms with Gasteiger partial charge in [-0.3, -0.25) is 9.89 Å². The van der Waals surface area contributed by atoms with Crippen molar-refractivity contribution in [3.05, 3.63) is 17.5 Å². The number of aromatic amines is 1. The lowest BCUT2D eigenvalue weighted by Gasteiger charge is -2.05. The number of nitrogens with one attached hydrogen (secondary N) is 2. The predicted octanol–water partition coefficient (Wildman–Crippen LogP) is 0.754. The van der Waals surface area contributed by atoms with Crippen LogP contribution < -0.4 is 11.1 Å². The molecule has 1 amide bonds. The van der Waals surface area contributed by atoms with Crippen LogP contribution in [0, 0.1) is 0 Å². The van der Waals surface area contributed by atoms with E-state index in [4.69, 9.17) is 5.73 Å². The molecular formula is C11H18N4O. The highest BCUT2D eigenvalue weighted by Crippen LogP contribution is 2.38. The standard InChI is InChI=1S/C11H18N4O/c1-7(12)4-5-13-11(16)10-6-9(14-15-10)8-2-3-8/h6-8H,2-5,12H2,1H3,(H,13,16)(H,14,15). The van der Waals surface area contributed by atoms with E-state index < -0.39 is 0 Å². The molecule has 1 aliphatic rings. The van der Waals surface area contributed by atoms with Crippen molar-refractivity contribution in [1.82, 2.24) is 15.5 Å². The zero-order chi connectivity index (χ0) is 11.5. The minimum Gasteiger partial charge on any atom is -0.351 e. The first-order valence-electron chi connectivity index (χ1n) is 5.76. The third-order valence-electron chi connectivity index (χ3n) is 2.73. The SMILES string of the molecule is CC(N)CCNC(=O)c1cc(C2CC2)[nH]n1. The van der Waals surface area contributed by atoms with E-state index in [0.29, 0.717) is 18.2 Å². The number of carbonyl (C=O) groups excluding carboxylic acids is 1. The largest absolute Gasteiger partial charge is 0.351 e. The molecule has 0 aromatic carbocycles. The number of rotatable bonds is 5. The first kappa shape index (κ1) is 11.1. The van der Waals surface area contributed by atoms with Crippen molar-refractivity contribution in [2.24, 2.45) is 5.73 Å². The second kappa shape index (κ2) is 4.65. The van der Waals surface area contributed by atoms with Crippen molar-refractivity contribution < 1.29 is 4.79 Å². The number of hydrogen-bond donors (Lipinski definition) is 3. The molecule has 0 bridgehead atoms. The molecule has 1 atom stereocenters. The van der Waals surface area contributed by atoms with E-state index in [1.165, 1.54) is 12.8 Å². The van der Waals surface area contributed by atoms with Crippen LogP contribution in [0.3, 0.4) is 0 Å². The maximum Gasteiger partial charge on any atom is 0.271 e. The number of nitrogens with zero attached hydrogens (tertiary/aromatic N) is 1. The lowest BCUT2D eigenvalue weighted by Crippen LogP contribution is -2.29. The van der Waals surface area contributed by atoms with Gasteiger partial charge in [-0.2, -0.15) is 5.10 Å². The van der Waals surface area contributed by atoms with E-state index in [1.807, 2.05) is 13.0 Å². The summed E-state index contributed by atoms with van der Waals surface area (Å²) in [5.41, 5.74) is 7.16. The molecule has 1 fully saturated rings. The van der Waals surface area contributed by atoms with Crippen molar-refractivity contribution in [1.29, 1.82) is 0 Å². The Morgan fingerprint density at radius 1 is 1.75 bits per heavy atom. The van der Waals surface area contributed by atoms with Crippen molar-refractivity contribution in [2.75, 3.05) is 6.54 Å². The molecule has 2 rings (SSSR count). The van der Waals surface area contributed by atoms with Crippen LogP contribution in [0.1, 0.15) is 48.3 Å². The maximum atomic E-state index is 11.6. The molecule has 1 unspecified atom stereocenters. The van der Waals surface area contributed by atoms with Gasteiger partial charge in [0.2, 0.25) is 0 Å². The Bertz CT molecular complexity index is 368. The number of H-pyrrole nitrogens is 1. The van der Waals surface area contributed by atoms with Crippen molar-refractivity contribution in [3.63, 3.8) is 0 Å². The van der Waals surface area contributed by atoms with E-state index in [0.717, 1.165) is 12.1 Å². The van der Waals surface area contributed by atoms with Gasteiger partial charge in [-0.15, -0.1) is 0 Å². The highest BCUT2D eigenvalue weighted by Gasteiger charge is 2.26. The summed E-state index contributed by atoms with van der Waals surface area (Å²) in [6, 6.07) is 1.96. The molecule has 1 aliphatic carbocycles. The van der Waals surface area contributed by atoms with Gasteiger partial charge < -0.3 is 11.1 Å². The van der Waals surface area contributed by atoms with Crippen LogP contribution in [0.4, 0.5) is 0 Å². The molecule has 5 heteroatoms. The van der Waals surface area contributed by atoms with Crippen LogP contribution in [-0.4, -0.2) is 28.7 Å². The van der Waals surface area contributed by atoms with Gasteiger partial charge in [0.15, 0.2) is 0 Å². The minimum atomic E-state index is -0.121. The van der Waals surface area contributed by atoms with Crippen molar-refractivity contribution in [2.45, 2.75) is 38.1 Å². The summed E-state index contributed by atoms with van der Waals surface area (Å²) in [4.78, 5) is 11.6. The van der Waals surface area contributed by atoms with Gasteiger partial charge in [0, 0.05) is 24.2 Å². The highest BCUT2D eigenvalue weighted by molar-refractivity contribution is 5.92. The summed E-state index contributed by atoms with van der Waals surface area (Å²) >= 11 is 0. The third-order valence-corrected chi connectivity index (χ3v) is 2.73. The fourth-order valence-electron chi connectivity index (χ4n) is 1.56. The zero-order valence-corrected chi connectivity index (χ0v) is 9.49. The van der Waals surface area contributed by atoms with Gasteiger partial charge in [0.1, 0.15) is 5.69 Å². The molecule has 0 radical (unpaired) electrons. The van der Waals surface area contributed by atoms with E-state index in [1.54, 1.807) is 0 Å². The number of nitrogens with two attached hydrogens (primary N) is 1. The fourth-order valence-corrected chi connectivity index (χ4v) is 1.56.